The van der Waals surface area contributed by atoms with Gasteiger partial charge in [0.15, 0.2) is 6.10 Å². The van der Waals surface area contributed by atoms with Gasteiger partial charge >= 0.3 is 0 Å². The summed E-state index contributed by atoms with van der Waals surface area (Å²) < 4.78 is 11.0. The third-order valence-electron chi connectivity index (χ3n) is 4.14. The molecule has 1 aliphatic heterocycles. The largest absolute Gasteiger partial charge is 0.497 e. The van der Waals surface area contributed by atoms with Crippen LogP contribution in [0.4, 0.5) is 0 Å². The topological polar surface area (TPSA) is 38.8 Å². The van der Waals surface area contributed by atoms with Crippen molar-refractivity contribution in [3.8, 4) is 11.5 Å². The molecule has 23 heavy (non-hydrogen) atoms. The van der Waals surface area contributed by atoms with E-state index in [0.717, 1.165) is 13.0 Å². The minimum absolute atomic E-state index is 0.0160. The van der Waals surface area contributed by atoms with E-state index in [1.165, 1.54) is 11.1 Å². The number of fused-ring (bicyclic) bond motifs is 1. The van der Waals surface area contributed by atoms with E-state index in [1.54, 1.807) is 20.1 Å². The van der Waals surface area contributed by atoms with Crippen molar-refractivity contribution < 1.29 is 14.3 Å². The van der Waals surface area contributed by atoms with Gasteiger partial charge in [-0.1, -0.05) is 30.3 Å². The van der Waals surface area contributed by atoms with Crippen LogP contribution in [-0.2, 0) is 17.8 Å². The molecule has 1 unspecified atom stereocenters. The molecule has 1 heterocycles. The SMILES string of the molecule is COc1cccc(OC(C)C(=O)N2CCc3ccccc3C2)c1. The molecular weight excluding hydrogens is 290 g/mol. The van der Waals surface area contributed by atoms with Gasteiger partial charge in [0.25, 0.3) is 5.91 Å². The molecule has 0 aromatic heterocycles. The van der Waals surface area contributed by atoms with Gasteiger partial charge < -0.3 is 14.4 Å². The Morgan fingerprint density at radius 1 is 1.09 bits per heavy atom. The molecule has 0 saturated carbocycles. The van der Waals surface area contributed by atoms with Crippen molar-refractivity contribution in [3.05, 3.63) is 59.7 Å². The van der Waals surface area contributed by atoms with Crippen LogP contribution in [-0.4, -0.2) is 30.6 Å². The Morgan fingerprint density at radius 3 is 2.61 bits per heavy atom. The van der Waals surface area contributed by atoms with E-state index >= 15 is 0 Å². The first-order valence-corrected chi connectivity index (χ1v) is 7.83. The van der Waals surface area contributed by atoms with Crippen LogP contribution in [0.25, 0.3) is 0 Å². The van der Waals surface area contributed by atoms with Crippen LogP contribution in [0.2, 0.25) is 0 Å². The average Bonchev–Trinajstić information content (AvgIpc) is 2.60. The molecule has 120 valence electrons. The number of nitrogens with zero attached hydrogens (tertiary/aromatic N) is 1. The molecule has 0 radical (unpaired) electrons. The van der Waals surface area contributed by atoms with E-state index in [-0.39, 0.29) is 5.91 Å². The second-order valence-corrected chi connectivity index (χ2v) is 5.72. The van der Waals surface area contributed by atoms with Crippen LogP contribution >= 0.6 is 0 Å². The molecule has 2 aromatic rings. The number of rotatable bonds is 4. The van der Waals surface area contributed by atoms with Gasteiger partial charge in [0.1, 0.15) is 11.5 Å². The maximum Gasteiger partial charge on any atom is 0.263 e. The fourth-order valence-corrected chi connectivity index (χ4v) is 2.87. The lowest BCUT2D eigenvalue weighted by molar-refractivity contribution is -0.138. The van der Waals surface area contributed by atoms with Gasteiger partial charge in [-0.05, 0) is 36.6 Å². The van der Waals surface area contributed by atoms with E-state index < -0.39 is 6.10 Å². The zero-order valence-electron chi connectivity index (χ0n) is 13.5. The number of hydrogen-bond donors (Lipinski definition) is 0. The van der Waals surface area contributed by atoms with Gasteiger partial charge in [-0.15, -0.1) is 0 Å². The molecule has 0 fully saturated rings. The van der Waals surface area contributed by atoms with Crippen LogP contribution < -0.4 is 9.47 Å². The second-order valence-electron chi connectivity index (χ2n) is 5.72. The number of benzene rings is 2. The summed E-state index contributed by atoms with van der Waals surface area (Å²) in [6.45, 7) is 3.19. The molecular formula is C19H21NO3. The second kappa shape index (κ2) is 6.73. The molecule has 3 rings (SSSR count). The summed E-state index contributed by atoms with van der Waals surface area (Å²) in [6.07, 6.45) is 0.376. The molecule has 0 aliphatic carbocycles. The number of amides is 1. The van der Waals surface area contributed by atoms with Gasteiger partial charge in [-0.25, -0.2) is 0 Å². The highest BCUT2D eigenvalue weighted by atomic mass is 16.5. The molecule has 1 atom stereocenters. The van der Waals surface area contributed by atoms with Crippen molar-refractivity contribution in [2.24, 2.45) is 0 Å². The monoisotopic (exact) mass is 311 g/mol. The smallest absolute Gasteiger partial charge is 0.263 e. The molecule has 0 spiro atoms. The molecule has 4 nitrogen and oxygen atoms in total. The number of hydrogen-bond acceptors (Lipinski definition) is 3. The fourth-order valence-electron chi connectivity index (χ4n) is 2.87. The zero-order chi connectivity index (χ0) is 16.2. The number of methoxy groups -OCH3 is 1. The molecule has 4 heteroatoms. The highest BCUT2D eigenvalue weighted by Gasteiger charge is 2.25. The van der Waals surface area contributed by atoms with Crippen molar-refractivity contribution >= 4 is 5.91 Å². The molecule has 0 N–H and O–H groups in total. The van der Waals surface area contributed by atoms with Crippen LogP contribution in [0.3, 0.4) is 0 Å². The summed E-state index contributed by atoms with van der Waals surface area (Å²) in [6, 6.07) is 15.6. The zero-order valence-corrected chi connectivity index (χ0v) is 13.5. The Labute approximate surface area is 136 Å². The Balaban J connectivity index is 1.66. The van der Waals surface area contributed by atoms with E-state index in [9.17, 15) is 4.79 Å². The first kappa shape index (κ1) is 15.4. The van der Waals surface area contributed by atoms with Crippen molar-refractivity contribution in [3.63, 3.8) is 0 Å². The molecule has 0 saturated heterocycles. The fraction of sp³-hybridized carbons (Fsp3) is 0.316. The molecule has 1 aliphatic rings. The quantitative estimate of drug-likeness (QED) is 0.871. The number of carbonyl (C=O) groups is 1. The molecule has 0 bridgehead atoms. The van der Waals surface area contributed by atoms with Crippen molar-refractivity contribution in [1.29, 1.82) is 0 Å². The summed E-state index contributed by atoms with van der Waals surface area (Å²) in [4.78, 5) is 14.5. The number of ether oxygens (including phenoxy) is 2. The van der Waals surface area contributed by atoms with Crippen molar-refractivity contribution in [2.45, 2.75) is 26.0 Å². The maximum absolute atomic E-state index is 12.6. The van der Waals surface area contributed by atoms with Gasteiger partial charge in [0.05, 0.1) is 7.11 Å². The predicted octanol–water partition coefficient (Wildman–Crippen LogP) is 3.05. The normalized spacial score (nSPS) is 14.8. The summed E-state index contributed by atoms with van der Waals surface area (Å²) in [7, 11) is 1.61. The van der Waals surface area contributed by atoms with Gasteiger partial charge in [0, 0.05) is 19.2 Å². The van der Waals surface area contributed by atoms with E-state index in [0.29, 0.717) is 18.0 Å². The summed E-state index contributed by atoms with van der Waals surface area (Å²) in [5, 5.41) is 0. The van der Waals surface area contributed by atoms with Crippen LogP contribution in [0.15, 0.2) is 48.5 Å². The molecule has 2 aromatic carbocycles. The lowest BCUT2D eigenvalue weighted by Gasteiger charge is -2.31. The highest BCUT2D eigenvalue weighted by molar-refractivity contribution is 5.81. The van der Waals surface area contributed by atoms with Crippen LogP contribution in [0, 0.1) is 0 Å². The Bertz CT molecular complexity index is 699. The molecule has 1 amide bonds. The minimum atomic E-state index is -0.521. The van der Waals surface area contributed by atoms with Crippen LogP contribution in [0.1, 0.15) is 18.1 Å². The first-order chi connectivity index (χ1) is 11.2. The number of carbonyl (C=O) groups excluding carboxylic acids is 1. The van der Waals surface area contributed by atoms with E-state index in [1.807, 2.05) is 35.2 Å². The summed E-state index contributed by atoms with van der Waals surface area (Å²) in [5.74, 6) is 1.37. The van der Waals surface area contributed by atoms with E-state index in [4.69, 9.17) is 9.47 Å². The van der Waals surface area contributed by atoms with Gasteiger partial charge in [-0.3, -0.25) is 4.79 Å². The maximum atomic E-state index is 12.6. The Kier molecular flexibility index (Phi) is 4.51. The van der Waals surface area contributed by atoms with Gasteiger partial charge in [0.2, 0.25) is 0 Å². The standard InChI is InChI=1S/C19H21NO3/c1-14(23-18-9-5-8-17(12-18)22-2)19(21)20-11-10-15-6-3-4-7-16(15)13-20/h3-9,12,14H,10-11,13H2,1-2H3. The van der Waals surface area contributed by atoms with Crippen molar-refractivity contribution in [2.75, 3.05) is 13.7 Å². The van der Waals surface area contributed by atoms with E-state index in [2.05, 4.69) is 12.1 Å². The average molecular weight is 311 g/mol. The Morgan fingerprint density at radius 2 is 1.83 bits per heavy atom. The third kappa shape index (κ3) is 3.47. The summed E-state index contributed by atoms with van der Waals surface area (Å²) in [5.41, 5.74) is 2.55. The summed E-state index contributed by atoms with van der Waals surface area (Å²) >= 11 is 0. The van der Waals surface area contributed by atoms with Gasteiger partial charge in [-0.2, -0.15) is 0 Å². The lowest BCUT2D eigenvalue weighted by Crippen LogP contribution is -2.43. The highest BCUT2D eigenvalue weighted by Crippen LogP contribution is 2.22. The first-order valence-electron chi connectivity index (χ1n) is 7.83. The minimum Gasteiger partial charge on any atom is -0.497 e. The van der Waals surface area contributed by atoms with Crippen molar-refractivity contribution in [1.82, 2.24) is 4.90 Å². The lowest BCUT2D eigenvalue weighted by atomic mass is 9.99. The van der Waals surface area contributed by atoms with Crippen LogP contribution in [0.5, 0.6) is 11.5 Å². The third-order valence-corrected chi connectivity index (χ3v) is 4.14. The Hall–Kier alpha value is -2.49. The predicted molar refractivity (Wildman–Crippen MR) is 88.6 cm³/mol.